The van der Waals surface area contributed by atoms with Crippen LogP contribution in [-0.2, 0) is 11.3 Å². The van der Waals surface area contributed by atoms with Crippen molar-refractivity contribution >= 4 is 24.2 Å². The van der Waals surface area contributed by atoms with Crippen molar-refractivity contribution in [2.45, 2.75) is 51.6 Å². The summed E-state index contributed by atoms with van der Waals surface area (Å²) in [6, 6.07) is 7.53. The maximum atomic E-state index is 12.2. The lowest BCUT2D eigenvalue weighted by molar-refractivity contribution is -0.126. The second-order valence-corrected chi connectivity index (χ2v) is 6.30. The van der Waals surface area contributed by atoms with Gasteiger partial charge in [-0.25, -0.2) is 0 Å². The zero-order valence-electron chi connectivity index (χ0n) is 14.2. The highest BCUT2D eigenvalue weighted by Gasteiger charge is 2.24. The van der Waals surface area contributed by atoms with Gasteiger partial charge in [-0.3, -0.25) is 9.59 Å². The van der Waals surface area contributed by atoms with E-state index in [4.69, 9.17) is 5.73 Å². The fourth-order valence-corrected chi connectivity index (χ4v) is 2.96. The molecular weight excluding hydrogens is 326 g/mol. The van der Waals surface area contributed by atoms with Gasteiger partial charge in [-0.05, 0) is 43.4 Å². The van der Waals surface area contributed by atoms with Crippen LogP contribution in [-0.4, -0.2) is 24.4 Å². The zero-order chi connectivity index (χ0) is 16.7. The lowest BCUT2D eigenvalue weighted by Gasteiger charge is -2.25. The van der Waals surface area contributed by atoms with Crippen LogP contribution in [0, 0.1) is 5.92 Å². The van der Waals surface area contributed by atoms with E-state index in [9.17, 15) is 9.59 Å². The van der Waals surface area contributed by atoms with E-state index < -0.39 is 0 Å². The van der Waals surface area contributed by atoms with E-state index in [-0.39, 0.29) is 36.2 Å². The predicted molar refractivity (Wildman–Crippen MR) is 98.1 cm³/mol. The van der Waals surface area contributed by atoms with E-state index in [0.29, 0.717) is 18.7 Å². The van der Waals surface area contributed by atoms with Gasteiger partial charge in [-0.2, -0.15) is 0 Å². The van der Waals surface area contributed by atoms with Gasteiger partial charge in [0.1, 0.15) is 0 Å². The van der Waals surface area contributed by atoms with E-state index in [0.717, 1.165) is 37.7 Å². The van der Waals surface area contributed by atoms with Crippen molar-refractivity contribution in [2.75, 3.05) is 6.54 Å². The van der Waals surface area contributed by atoms with Crippen LogP contribution in [0.5, 0.6) is 0 Å². The van der Waals surface area contributed by atoms with Crippen LogP contribution in [0.2, 0.25) is 0 Å². The molecule has 0 aromatic heterocycles. The van der Waals surface area contributed by atoms with Crippen molar-refractivity contribution in [3.05, 3.63) is 35.4 Å². The van der Waals surface area contributed by atoms with Crippen molar-refractivity contribution in [1.29, 1.82) is 0 Å². The third kappa shape index (κ3) is 6.13. The zero-order valence-corrected chi connectivity index (χ0v) is 15.0. The monoisotopic (exact) mass is 353 g/mol. The van der Waals surface area contributed by atoms with E-state index >= 15 is 0 Å². The molecule has 134 valence electrons. The summed E-state index contributed by atoms with van der Waals surface area (Å²) in [6.07, 6.45) is 4.63. The number of nitrogens with two attached hydrogens (primary N) is 1. The molecule has 2 amide bonds. The first-order valence-corrected chi connectivity index (χ1v) is 8.50. The molecule has 1 aliphatic carbocycles. The Bertz CT molecular complexity index is 551. The summed E-state index contributed by atoms with van der Waals surface area (Å²) in [7, 11) is 0. The number of carbonyl (C=O) groups excluding carboxylic acids is 2. The van der Waals surface area contributed by atoms with E-state index in [1.807, 2.05) is 25.1 Å². The van der Waals surface area contributed by atoms with E-state index in [1.54, 1.807) is 6.07 Å². The third-order valence-corrected chi connectivity index (χ3v) is 4.28. The Morgan fingerprint density at radius 2 is 2.04 bits per heavy atom. The maximum Gasteiger partial charge on any atom is 0.251 e. The van der Waals surface area contributed by atoms with Crippen LogP contribution < -0.4 is 16.4 Å². The van der Waals surface area contributed by atoms with Crippen molar-refractivity contribution in [3.63, 3.8) is 0 Å². The van der Waals surface area contributed by atoms with Crippen molar-refractivity contribution in [1.82, 2.24) is 10.6 Å². The Morgan fingerprint density at radius 3 is 2.75 bits per heavy atom. The minimum Gasteiger partial charge on any atom is -0.352 e. The molecule has 0 bridgehead atoms. The van der Waals surface area contributed by atoms with Crippen molar-refractivity contribution in [3.8, 4) is 0 Å². The molecule has 24 heavy (non-hydrogen) atoms. The molecule has 0 saturated heterocycles. The molecule has 4 N–H and O–H groups in total. The van der Waals surface area contributed by atoms with E-state index in [1.165, 1.54) is 0 Å². The van der Waals surface area contributed by atoms with Crippen LogP contribution in [0.3, 0.4) is 0 Å². The quantitative estimate of drug-likeness (QED) is 0.734. The number of benzene rings is 1. The van der Waals surface area contributed by atoms with Crippen LogP contribution >= 0.6 is 12.4 Å². The number of halogens is 1. The summed E-state index contributed by atoms with van der Waals surface area (Å²) < 4.78 is 0. The third-order valence-electron chi connectivity index (χ3n) is 4.28. The summed E-state index contributed by atoms with van der Waals surface area (Å²) in [5, 5.41) is 5.83. The highest BCUT2D eigenvalue weighted by molar-refractivity contribution is 5.94. The molecule has 1 aromatic rings. The van der Waals surface area contributed by atoms with Gasteiger partial charge in [0.15, 0.2) is 0 Å². The lowest BCUT2D eigenvalue weighted by atomic mass is 9.85. The summed E-state index contributed by atoms with van der Waals surface area (Å²) in [4.78, 5) is 24.2. The molecule has 1 fully saturated rings. The summed E-state index contributed by atoms with van der Waals surface area (Å²) >= 11 is 0. The molecule has 0 heterocycles. The van der Waals surface area contributed by atoms with Gasteiger partial charge in [-0.1, -0.05) is 25.5 Å². The lowest BCUT2D eigenvalue weighted by Crippen LogP contribution is -2.37. The predicted octanol–water partition coefficient (Wildman–Crippen LogP) is 2.38. The van der Waals surface area contributed by atoms with Gasteiger partial charge in [-0.15, -0.1) is 12.4 Å². The van der Waals surface area contributed by atoms with Gasteiger partial charge in [0.25, 0.3) is 5.91 Å². The first kappa shape index (κ1) is 20.5. The van der Waals surface area contributed by atoms with Crippen molar-refractivity contribution in [2.24, 2.45) is 11.7 Å². The van der Waals surface area contributed by atoms with Crippen LogP contribution in [0.15, 0.2) is 24.3 Å². The molecule has 0 aliphatic heterocycles. The molecule has 2 atom stereocenters. The normalized spacial score (nSPS) is 19.9. The van der Waals surface area contributed by atoms with Gasteiger partial charge in [0, 0.05) is 30.6 Å². The summed E-state index contributed by atoms with van der Waals surface area (Å²) in [5.41, 5.74) is 7.50. The second kappa shape index (κ2) is 10.3. The minimum absolute atomic E-state index is 0. The molecule has 1 saturated carbocycles. The topological polar surface area (TPSA) is 84.2 Å². The Hall–Kier alpha value is -1.59. The molecule has 2 unspecified atom stereocenters. The molecule has 0 spiro atoms. The molecule has 6 heteroatoms. The summed E-state index contributed by atoms with van der Waals surface area (Å²) in [5.74, 6) is 0.0223. The molecule has 1 aliphatic rings. The van der Waals surface area contributed by atoms with Gasteiger partial charge in [0.2, 0.25) is 5.91 Å². The minimum atomic E-state index is -0.0710. The fraction of sp³-hybridized carbons (Fsp3) is 0.556. The van der Waals surface area contributed by atoms with Crippen LogP contribution in [0.25, 0.3) is 0 Å². The first-order valence-electron chi connectivity index (χ1n) is 8.50. The number of hydrogen-bond acceptors (Lipinski definition) is 3. The second-order valence-electron chi connectivity index (χ2n) is 6.30. The van der Waals surface area contributed by atoms with Gasteiger partial charge >= 0.3 is 0 Å². The highest BCUT2D eigenvalue weighted by atomic mass is 35.5. The Morgan fingerprint density at radius 1 is 1.25 bits per heavy atom. The van der Waals surface area contributed by atoms with Crippen LogP contribution in [0.1, 0.15) is 54.9 Å². The molecule has 0 radical (unpaired) electrons. The smallest absolute Gasteiger partial charge is 0.251 e. The van der Waals surface area contributed by atoms with Gasteiger partial charge in [0.05, 0.1) is 0 Å². The first-order chi connectivity index (χ1) is 11.1. The fourth-order valence-electron chi connectivity index (χ4n) is 2.96. The molecule has 1 aromatic carbocycles. The van der Waals surface area contributed by atoms with E-state index in [2.05, 4.69) is 10.6 Å². The number of carbonyl (C=O) groups is 2. The number of hydrogen-bond donors (Lipinski definition) is 3. The Labute approximate surface area is 150 Å². The Balaban J connectivity index is 0.00000288. The van der Waals surface area contributed by atoms with Gasteiger partial charge < -0.3 is 16.4 Å². The van der Waals surface area contributed by atoms with Crippen molar-refractivity contribution < 1.29 is 9.59 Å². The Kier molecular flexibility index (Phi) is 8.79. The highest BCUT2D eigenvalue weighted by Crippen LogP contribution is 2.23. The largest absolute Gasteiger partial charge is 0.352 e. The standard InChI is InChI=1S/C18H27N3O2.ClH/c1-2-9-20-17(22)14-6-3-5-13(10-14)12-21-18(23)15-7-4-8-16(19)11-15;/h3,5-6,10,15-16H,2,4,7-9,11-12,19H2,1H3,(H,20,22)(H,21,23);1H. The average molecular weight is 354 g/mol. The molecule has 2 rings (SSSR count). The number of rotatable bonds is 6. The number of amides is 2. The molecular formula is C18H28ClN3O2. The number of nitrogens with one attached hydrogen (secondary N) is 2. The molecule has 5 nitrogen and oxygen atoms in total. The average Bonchev–Trinajstić information content (AvgIpc) is 2.57. The van der Waals surface area contributed by atoms with Crippen LogP contribution in [0.4, 0.5) is 0 Å². The SMILES string of the molecule is CCCNC(=O)c1cccc(CNC(=O)C2CCCC(N)C2)c1.Cl. The summed E-state index contributed by atoms with van der Waals surface area (Å²) in [6.45, 7) is 3.13. The maximum absolute atomic E-state index is 12.2.